The molecule has 5 nitrogen and oxygen atoms in total. The highest BCUT2D eigenvalue weighted by atomic mass is 16.6. The van der Waals surface area contributed by atoms with Crippen LogP contribution < -0.4 is 0 Å². The molecule has 25 heavy (non-hydrogen) atoms. The van der Waals surface area contributed by atoms with Crippen LogP contribution in [0.1, 0.15) is 44.7 Å². The molecular formula is C20H27NO4. The van der Waals surface area contributed by atoms with E-state index in [0.717, 1.165) is 25.5 Å². The Balaban J connectivity index is 1.76. The zero-order valence-electron chi connectivity index (χ0n) is 15.3. The molecule has 0 aromatic heterocycles. The molecule has 1 atom stereocenters. The van der Waals surface area contributed by atoms with Crippen molar-refractivity contribution in [2.45, 2.75) is 57.2 Å². The van der Waals surface area contributed by atoms with Gasteiger partial charge in [0.05, 0.1) is 6.10 Å². The first kappa shape index (κ1) is 17.9. The quantitative estimate of drug-likeness (QED) is 0.790. The summed E-state index contributed by atoms with van der Waals surface area (Å²) >= 11 is 0. The summed E-state index contributed by atoms with van der Waals surface area (Å²) in [6, 6.07) is 8.41. The van der Waals surface area contributed by atoms with Crippen LogP contribution in [-0.4, -0.2) is 48.7 Å². The third-order valence-electron chi connectivity index (χ3n) is 5.25. The van der Waals surface area contributed by atoms with Gasteiger partial charge >= 0.3 is 6.09 Å². The number of rotatable bonds is 3. The molecule has 0 bridgehead atoms. The fourth-order valence-electron chi connectivity index (χ4n) is 4.13. The van der Waals surface area contributed by atoms with E-state index in [4.69, 9.17) is 9.47 Å². The van der Waals surface area contributed by atoms with Crippen LogP contribution >= 0.6 is 0 Å². The molecule has 136 valence electrons. The number of carbonyl (C=O) groups is 2. The van der Waals surface area contributed by atoms with Crippen molar-refractivity contribution >= 4 is 12.4 Å². The first-order valence-electron chi connectivity index (χ1n) is 8.97. The fourth-order valence-corrected chi connectivity index (χ4v) is 4.13. The molecule has 1 aliphatic carbocycles. The zero-order chi connectivity index (χ0) is 18.1. The average Bonchev–Trinajstić information content (AvgIpc) is 2.86. The average molecular weight is 345 g/mol. The van der Waals surface area contributed by atoms with Crippen molar-refractivity contribution in [3.63, 3.8) is 0 Å². The molecular weight excluding hydrogens is 318 g/mol. The van der Waals surface area contributed by atoms with Gasteiger partial charge < -0.3 is 19.2 Å². The summed E-state index contributed by atoms with van der Waals surface area (Å²) < 4.78 is 11.4. The highest BCUT2D eigenvalue weighted by molar-refractivity contribution is 5.68. The van der Waals surface area contributed by atoms with Gasteiger partial charge in [-0.3, -0.25) is 0 Å². The molecule has 0 radical (unpaired) electrons. The smallest absolute Gasteiger partial charge is 0.410 e. The minimum Gasteiger partial charge on any atom is -0.444 e. The van der Waals surface area contributed by atoms with Crippen molar-refractivity contribution in [1.29, 1.82) is 0 Å². The summed E-state index contributed by atoms with van der Waals surface area (Å²) in [6.45, 7) is 7.05. The normalized spacial score (nSPS) is 21.9. The minimum atomic E-state index is -0.484. The number of hydrogen-bond donors (Lipinski definition) is 0. The number of hydrogen-bond acceptors (Lipinski definition) is 4. The molecule has 1 fully saturated rings. The second-order valence-corrected chi connectivity index (χ2v) is 7.97. The first-order valence-corrected chi connectivity index (χ1v) is 8.97. The number of fused-ring (bicyclic) bond motifs is 2. The van der Waals surface area contributed by atoms with Gasteiger partial charge in [0.25, 0.3) is 0 Å². The van der Waals surface area contributed by atoms with E-state index in [1.807, 2.05) is 26.8 Å². The van der Waals surface area contributed by atoms with Crippen molar-refractivity contribution in [1.82, 2.24) is 4.90 Å². The van der Waals surface area contributed by atoms with Gasteiger partial charge in [-0.05, 0) is 51.2 Å². The summed E-state index contributed by atoms with van der Waals surface area (Å²) in [5.74, 6) is 0. The van der Waals surface area contributed by atoms with E-state index in [1.165, 1.54) is 11.1 Å². The van der Waals surface area contributed by atoms with Gasteiger partial charge in [0.15, 0.2) is 0 Å². The summed E-state index contributed by atoms with van der Waals surface area (Å²) in [5.41, 5.74) is 2.01. The third-order valence-corrected chi connectivity index (χ3v) is 5.25. The Morgan fingerprint density at radius 1 is 1.28 bits per heavy atom. The van der Waals surface area contributed by atoms with Crippen LogP contribution in [0.4, 0.5) is 4.79 Å². The summed E-state index contributed by atoms with van der Waals surface area (Å²) in [7, 11) is 0. The van der Waals surface area contributed by atoms with E-state index in [-0.39, 0.29) is 24.2 Å². The number of piperidine rings is 1. The predicted octanol–water partition coefficient (Wildman–Crippen LogP) is 3.10. The molecule has 1 aromatic carbocycles. The van der Waals surface area contributed by atoms with Gasteiger partial charge in [-0.15, -0.1) is 0 Å². The number of likely N-dealkylation sites (tertiary alicyclic amines) is 1. The second-order valence-electron chi connectivity index (χ2n) is 7.97. The van der Waals surface area contributed by atoms with Gasteiger partial charge in [0.2, 0.25) is 0 Å². The number of aldehydes is 1. The second kappa shape index (κ2) is 6.79. The molecule has 5 heteroatoms. The molecule has 1 saturated heterocycles. The van der Waals surface area contributed by atoms with Crippen molar-refractivity contribution < 1.29 is 19.1 Å². The highest BCUT2D eigenvalue weighted by Crippen LogP contribution is 2.47. The Hall–Kier alpha value is -1.88. The molecule has 1 spiro atoms. The Kier molecular flexibility index (Phi) is 4.87. The summed E-state index contributed by atoms with van der Waals surface area (Å²) in [5, 5.41) is 0. The lowest BCUT2D eigenvalue weighted by Crippen LogP contribution is -2.50. The van der Waals surface area contributed by atoms with Crippen LogP contribution in [0.25, 0.3) is 0 Å². The maximum atomic E-state index is 12.3. The molecule has 1 heterocycles. The molecule has 1 amide bonds. The number of amides is 1. The zero-order valence-corrected chi connectivity index (χ0v) is 15.3. The van der Waals surface area contributed by atoms with E-state index in [2.05, 4.69) is 18.2 Å². The molecule has 1 aliphatic heterocycles. The SMILES string of the molecule is CC(C)(C)OC(=O)N1CCC2(CC1)c1ccccc1C[C@@H]2OCC=O. The van der Waals surface area contributed by atoms with Crippen LogP contribution in [-0.2, 0) is 26.1 Å². The van der Waals surface area contributed by atoms with Crippen molar-refractivity contribution in [3.05, 3.63) is 35.4 Å². The first-order chi connectivity index (χ1) is 11.9. The van der Waals surface area contributed by atoms with Gasteiger partial charge in [-0.1, -0.05) is 24.3 Å². The highest BCUT2D eigenvalue weighted by Gasteiger charge is 2.49. The fraction of sp³-hybridized carbons (Fsp3) is 0.600. The van der Waals surface area contributed by atoms with Crippen LogP contribution in [0, 0.1) is 0 Å². The van der Waals surface area contributed by atoms with Gasteiger partial charge in [0.1, 0.15) is 18.5 Å². The maximum Gasteiger partial charge on any atom is 0.410 e. The van der Waals surface area contributed by atoms with E-state index in [1.54, 1.807) is 4.90 Å². The molecule has 2 aliphatic rings. The van der Waals surface area contributed by atoms with Gasteiger partial charge in [0, 0.05) is 18.5 Å². The predicted molar refractivity (Wildman–Crippen MR) is 94.7 cm³/mol. The lowest BCUT2D eigenvalue weighted by Gasteiger charge is -2.43. The Morgan fingerprint density at radius 2 is 1.96 bits per heavy atom. The van der Waals surface area contributed by atoms with Crippen molar-refractivity contribution in [3.8, 4) is 0 Å². The van der Waals surface area contributed by atoms with E-state index in [9.17, 15) is 9.59 Å². The van der Waals surface area contributed by atoms with Gasteiger partial charge in [-0.2, -0.15) is 0 Å². The van der Waals surface area contributed by atoms with E-state index < -0.39 is 5.60 Å². The van der Waals surface area contributed by atoms with E-state index >= 15 is 0 Å². The lowest BCUT2D eigenvalue weighted by atomic mass is 9.72. The largest absolute Gasteiger partial charge is 0.444 e. The van der Waals surface area contributed by atoms with Crippen LogP contribution in [0.15, 0.2) is 24.3 Å². The number of benzene rings is 1. The lowest BCUT2D eigenvalue weighted by molar-refractivity contribution is -0.115. The summed E-state index contributed by atoms with van der Waals surface area (Å²) in [6.07, 6.45) is 3.04. The van der Waals surface area contributed by atoms with Crippen LogP contribution in [0.3, 0.4) is 0 Å². The molecule has 0 saturated carbocycles. The van der Waals surface area contributed by atoms with Crippen molar-refractivity contribution in [2.24, 2.45) is 0 Å². The number of nitrogens with zero attached hydrogens (tertiary/aromatic N) is 1. The topological polar surface area (TPSA) is 55.8 Å². The van der Waals surface area contributed by atoms with Gasteiger partial charge in [-0.25, -0.2) is 4.79 Å². The monoisotopic (exact) mass is 345 g/mol. The minimum absolute atomic E-state index is 0.00381. The standard InChI is InChI=1S/C20H27NO4/c1-19(2,3)25-18(23)21-10-8-20(9-11-21)16-7-5-4-6-15(16)14-17(20)24-13-12-22/h4-7,12,17H,8-11,13-14H2,1-3H3/t17-/m0/s1. The molecule has 3 rings (SSSR count). The van der Waals surface area contributed by atoms with Crippen LogP contribution in [0.5, 0.6) is 0 Å². The molecule has 0 unspecified atom stereocenters. The maximum absolute atomic E-state index is 12.3. The summed E-state index contributed by atoms with van der Waals surface area (Å²) in [4.78, 5) is 24.9. The number of carbonyl (C=O) groups excluding carboxylic acids is 2. The van der Waals surface area contributed by atoms with E-state index in [0.29, 0.717) is 13.1 Å². The van der Waals surface area contributed by atoms with Crippen molar-refractivity contribution in [2.75, 3.05) is 19.7 Å². The Labute approximate surface area is 149 Å². The Bertz CT molecular complexity index is 641. The molecule has 1 aromatic rings. The van der Waals surface area contributed by atoms with Crippen LogP contribution in [0.2, 0.25) is 0 Å². The molecule has 0 N–H and O–H groups in total. The third kappa shape index (κ3) is 3.56. The Morgan fingerprint density at radius 3 is 2.60 bits per heavy atom. The number of ether oxygens (including phenoxy) is 2.